The summed E-state index contributed by atoms with van der Waals surface area (Å²) >= 11 is 0. The lowest BCUT2D eigenvalue weighted by Crippen LogP contribution is -2.63. The van der Waals surface area contributed by atoms with Gasteiger partial charge in [0.15, 0.2) is 6.61 Å². The number of likely N-dealkylation sites (tertiary alicyclic amines) is 1. The Balaban J connectivity index is 1.50. The predicted octanol–water partition coefficient (Wildman–Crippen LogP) is -1.15. The zero-order chi connectivity index (χ0) is 16.8. The average Bonchev–Trinajstić information content (AvgIpc) is 2.77. The van der Waals surface area contributed by atoms with Gasteiger partial charge in [-0.25, -0.2) is 22.4 Å². The zero-order valence-electron chi connectivity index (χ0n) is 12.8. The van der Waals surface area contributed by atoms with Crippen LogP contribution in [0.1, 0.15) is 12.8 Å². The summed E-state index contributed by atoms with van der Waals surface area (Å²) in [6, 6.07) is -0.308. The molecule has 0 N–H and O–H groups in total. The first-order valence-corrected chi connectivity index (χ1v) is 9.35. The maximum atomic E-state index is 12.4. The van der Waals surface area contributed by atoms with Crippen molar-refractivity contribution in [1.29, 1.82) is 0 Å². The second-order valence-corrected chi connectivity index (χ2v) is 8.13. The van der Waals surface area contributed by atoms with E-state index in [2.05, 4.69) is 4.74 Å². The highest BCUT2D eigenvalue weighted by molar-refractivity contribution is 7.88. The molecule has 0 saturated carbocycles. The molecule has 3 aliphatic rings. The van der Waals surface area contributed by atoms with E-state index in [0.717, 1.165) is 4.90 Å². The second kappa shape index (κ2) is 5.75. The third kappa shape index (κ3) is 3.05. The molecule has 128 valence electrons. The van der Waals surface area contributed by atoms with E-state index in [1.807, 2.05) is 0 Å². The van der Waals surface area contributed by atoms with Crippen molar-refractivity contribution >= 4 is 27.9 Å². The van der Waals surface area contributed by atoms with Gasteiger partial charge in [-0.3, -0.25) is 9.59 Å². The number of cyclic esters (lactones) is 1. The highest BCUT2D eigenvalue weighted by Gasteiger charge is 2.45. The molecule has 23 heavy (non-hydrogen) atoms. The topological polar surface area (TPSA) is 104 Å². The molecule has 0 radical (unpaired) electrons. The first-order chi connectivity index (χ1) is 10.8. The van der Waals surface area contributed by atoms with Crippen molar-refractivity contribution in [2.75, 3.05) is 39.0 Å². The second-order valence-electron chi connectivity index (χ2n) is 6.15. The Morgan fingerprint density at radius 2 is 1.78 bits per heavy atom. The third-order valence-electron chi connectivity index (χ3n) is 4.60. The van der Waals surface area contributed by atoms with E-state index in [1.54, 1.807) is 4.90 Å². The molecule has 3 heterocycles. The maximum Gasteiger partial charge on any atom is 0.417 e. The summed E-state index contributed by atoms with van der Waals surface area (Å²) in [5.41, 5.74) is 0. The van der Waals surface area contributed by atoms with E-state index in [4.69, 9.17) is 0 Å². The van der Waals surface area contributed by atoms with Crippen molar-refractivity contribution in [3.8, 4) is 0 Å². The van der Waals surface area contributed by atoms with Gasteiger partial charge >= 0.3 is 6.09 Å². The lowest BCUT2D eigenvalue weighted by Gasteiger charge is -2.44. The monoisotopic (exact) mass is 345 g/mol. The summed E-state index contributed by atoms with van der Waals surface area (Å²) in [6.45, 7) is 1.12. The number of sulfonamides is 1. The molecule has 3 amide bonds. The van der Waals surface area contributed by atoms with Crippen molar-refractivity contribution in [2.24, 2.45) is 5.92 Å². The smallest absolute Gasteiger partial charge is 0.417 e. The van der Waals surface area contributed by atoms with Gasteiger partial charge in [-0.05, 0) is 12.8 Å². The van der Waals surface area contributed by atoms with Crippen LogP contribution in [-0.4, -0.2) is 85.5 Å². The van der Waals surface area contributed by atoms with Gasteiger partial charge in [0.2, 0.25) is 15.9 Å². The number of amides is 3. The van der Waals surface area contributed by atoms with Crippen LogP contribution >= 0.6 is 0 Å². The number of hydrogen-bond acceptors (Lipinski definition) is 6. The molecular formula is C13H19N3O6S. The molecule has 0 aromatic carbocycles. The first kappa shape index (κ1) is 16.2. The Bertz CT molecular complexity index is 618. The minimum atomic E-state index is -3.21. The molecule has 0 aromatic rings. The lowest BCUT2D eigenvalue weighted by atomic mass is 9.94. The van der Waals surface area contributed by atoms with Crippen LogP contribution in [0.2, 0.25) is 0 Å². The minimum absolute atomic E-state index is 0.0329. The van der Waals surface area contributed by atoms with Crippen LogP contribution < -0.4 is 0 Å². The minimum Gasteiger partial charge on any atom is -0.439 e. The molecule has 10 heteroatoms. The Morgan fingerprint density at radius 1 is 1.17 bits per heavy atom. The summed E-state index contributed by atoms with van der Waals surface area (Å²) in [5, 5.41) is 0. The van der Waals surface area contributed by atoms with Crippen LogP contribution in [0.4, 0.5) is 4.79 Å². The molecule has 0 unspecified atom stereocenters. The normalized spacial score (nSPS) is 24.7. The van der Waals surface area contributed by atoms with Gasteiger partial charge in [-0.1, -0.05) is 0 Å². The fraction of sp³-hybridized carbons (Fsp3) is 0.769. The van der Waals surface area contributed by atoms with Gasteiger partial charge in [0.25, 0.3) is 5.91 Å². The number of ether oxygens (including phenoxy) is 1. The van der Waals surface area contributed by atoms with Crippen molar-refractivity contribution < 1.29 is 27.5 Å². The van der Waals surface area contributed by atoms with Gasteiger partial charge < -0.3 is 9.64 Å². The molecule has 0 bridgehead atoms. The SMILES string of the molecule is CS(=O)(=O)N1CCC(C(=O)N2CC(N3C(=O)COC3=O)C2)CC1. The molecule has 0 spiro atoms. The Kier molecular flexibility index (Phi) is 4.05. The number of imide groups is 1. The highest BCUT2D eigenvalue weighted by atomic mass is 32.2. The summed E-state index contributed by atoms with van der Waals surface area (Å²) in [7, 11) is -3.21. The maximum absolute atomic E-state index is 12.4. The zero-order valence-corrected chi connectivity index (χ0v) is 13.6. The Labute approximate surface area is 134 Å². The van der Waals surface area contributed by atoms with E-state index in [1.165, 1.54) is 10.6 Å². The van der Waals surface area contributed by atoms with Crippen molar-refractivity contribution in [3.05, 3.63) is 0 Å². The van der Waals surface area contributed by atoms with Crippen molar-refractivity contribution in [3.63, 3.8) is 0 Å². The van der Waals surface area contributed by atoms with E-state index >= 15 is 0 Å². The molecule has 3 aliphatic heterocycles. The molecule has 0 aliphatic carbocycles. The third-order valence-corrected chi connectivity index (χ3v) is 5.90. The van der Waals surface area contributed by atoms with Crippen molar-refractivity contribution in [1.82, 2.24) is 14.1 Å². The van der Waals surface area contributed by atoms with Gasteiger partial charge in [-0.2, -0.15) is 0 Å². The largest absolute Gasteiger partial charge is 0.439 e. The van der Waals surface area contributed by atoms with Gasteiger partial charge in [0.1, 0.15) is 0 Å². The highest BCUT2D eigenvalue weighted by Crippen LogP contribution is 2.26. The fourth-order valence-corrected chi connectivity index (χ4v) is 4.08. The van der Waals surface area contributed by atoms with Gasteiger partial charge in [-0.15, -0.1) is 0 Å². The molecule has 9 nitrogen and oxygen atoms in total. The molecular weight excluding hydrogens is 326 g/mol. The summed E-state index contributed by atoms with van der Waals surface area (Å²) in [5.74, 6) is -0.599. The van der Waals surface area contributed by atoms with Crippen LogP contribution in [0, 0.1) is 5.92 Å². The number of rotatable bonds is 3. The van der Waals surface area contributed by atoms with Gasteiger partial charge in [0, 0.05) is 32.1 Å². The predicted molar refractivity (Wildman–Crippen MR) is 77.7 cm³/mol. The van der Waals surface area contributed by atoms with E-state index in [-0.39, 0.29) is 30.4 Å². The number of carbonyl (C=O) groups excluding carboxylic acids is 3. The molecule has 3 rings (SSSR count). The molecule has 3 fully saturated rings. The number of hydrogen-bond donors (Lipinski definition) is 0. The molecule has 3 saturated heterocycles. The molecule has 0 aromatic heterocycles. The Hall–Kier alpha value is -1.68. The van der Waals surface area contributed by atoms with E-state index in [9.17, 15) is 22.8 Å². The van der Waals surface area contributed by atoms with Crippen LogP contribution in [0.15, 0.2) is 0 Å². The van der Waals surface area contributed by atoms with Crippen LogP contribution in [0.25, 0.3) is 0 Å². The van der Waals surface area contributed by atoms with E-state index < -0.39 is 16.1 Å². The van der Waals surface area contributed by atoms with Crippen LogP contribution in [0.3, 0.4) is 0 Å². The van der Waals surface area contributed by atoms with Crippen LogP contribution in [0.5, 0.6) is 0 Å². The lowest BCUT2D eigenvalue weighted by molar-refractivity contribution is -0.146. The summed E-state index contributed by atoms with van der Waals surface area (Å²) in [4.78, 5) is 38.1. The van der Waals surface area contributed by atoms with Gasteiger partial charge in [0.05, 0.1) is 12.3 Å². The summed E-state index contributed by atoms with van der Waals surface area (Å²) in [6.07, 6.45) is 1.52. The summed E-state index contributed by atoms with van der Waals surface area (Å²) < 4.78 is 29.0. The first-order valence-electron chi connectivity index (χ1n) is 7.50. The van der Waals surface area contributed by atoms with Crippen molar-refractivity contribution in [2.45, 2.75) is 18.9 Å². The Morgan fingerprint density at radius 3 is 2.26 bits per heavy atom. The number of piperidine rings is 1. The standard InChI is InChI=1S/C13H19N3O6S/c1-23(20,21)15-4-2-9(3-5-15)12(18)14-6-10(7-14)16-11(17)8-22-13(16)19/h9-10H,2-8H2,1H3. The number of nitrogens with zero attached hydrogens (tertiary/aromatic N) is 3. The van der Waals surface area contributed by atoms with E-state index in [0.29, 0.717) is 39.0 Å². The number of carbonyl (C=O) groups is 3. The molecule has 0 atom stereocenters. The average molecular weight is 345 g/mol. The fourth-order valence-electron chi connectivity index (χ4n) is 3.21. The quantitative estimate of drug-likeness (QED) is 0.639. The van der Waals surface area contributed by atoms with Crippen LogP contribution in [-0.2, 0) is 24.3 Å².